The van der Waals surface area contributed by atoms with Gasteiger partial charge in [0.15, 0.2) is 6.10 Å². The van der Waals surface area contributed by atoms with Crippen LogP contribution in [0.3, 0.4) is 0 Å². The molecule has 0 aromatic heterocycles. The van der Waals surface area contributed by atoms with Gasteiger partial charge in [-0.3, -0.25) is 0 Å². The Hall–Kier alpha value is -1.30. The quantitative estimate of drug-likeness (QED) is 0.779. The van der Waals surface area contributed by atoms with Crippen molar-refractivity contribution < 1.29 is 27.0 Å². The minimum absolute atomic E-state index is 0.0451. The summed E-state index contributed by atoms with van der Waals surface area (Å²) in [5.41, 5.74) is 0.895. The molecule has 1 aliphatic heterocycles. The van der Waals surface area contributed by atoms with Crippen LogP contribution in [0.15, 0.2) is 12.1 Å². The number of hydrogen-bond donors (Lipinski definition) is 0. The van der Waals surface area contributed by atoms with Crippen molar-refractivity contribution in [1.29, 1.82) is 0 Å². The topological polar surface area (TPSA) is 18.5 Å². The maximum absolute atomic E-state index is 13.6. The lowest BCUT2D eigenvalue weighted by Gasteiger charge is -2.23. The average molecular weight is 306 g/mol. The molecule has 2 nitrogen and oxygen atoms in total. The lowest BCUT2D eigenvalue weighted by molar-refractivity contribution is -0.215. The van der Waals surface area contributed by atoms with Crippen LogP contribution >= 0.6 is 0 Å². The summed E-state index contributed by atoms with van der Waals surface area (Å²) >= 11 is 0. The van der Waals surface area contributed by atoms with Crippen LogP contribution < -0.4 is 4.74 Å². The Balaban J connectivity index is 2.37. The second-order valence-electron chi connectivity index (χ2n) is 5.28. The van der Waals surface area contributed by atoms with Gasteiger partial charge in [0.2, 0.25) is 0 Å². The van der Waals surface area contributed by atoms with Gasteiger partial charge >= 0.3 is 6.18 Å². The highest BCUT2D eigenvalue weighted by Crippen LogP contribution is 2.45. The van der Waals surface area contributed by atoms with Crippen molar-refractivity contribution in [1.82, 2.24) is 0 Å². The van der Waals surface area contributed by atoms with E-state index < -0.39 is 29.9 Å². The molecule has 0 radical (unpaired) electrons. The van der Waals surface area contributed by atoms with Gasteiger partial charge in [0.1, 0.15) is 11.6 Å². The average Bonchev–Trinajstić information content (AvgIpc) is 2.77. The van der Waals surface area contributed by atoms with Crippen LogP contribution in [0.2, 0.25) is 0 Å². The van der Waals surface area contributed by atoms with Crippen molar-refractivity contribution in [3.63, 3.8) is 0 Å². The van der Waals surface area contributed by atoms with Gasteiger partial charge in [-0.15, -0.1) is 0 Å². The van der Waals surface area contributed by atoms with E-state index in [-0.39, 0.29) is 6.61 Å². The molecule has 0 amide bonds. The van der Waals surface area contributed by atoms with Gasteiger partial charge in [-0.25, -0.2) is 4.39 Å². The van der Waals surface area contributed by atoms with E-state index in [0.29, 0.717) is 23.5 Å². The highest BCUT2D eigenvalue weighted by atomic mass is 19.4. The molecular weight excluding hydrogens is 288 g/mol. The van der Waals surface area contributed by atoms with Crippen molar-refractivity contribution in [2.24, 2.45) is 5.92 Å². The van der Waals surface area contributed by atoms with Crippen LogP contribution in [0.25, 0.3) is 0 Å². The molecule has 1 aliphatic rings. The summed E-state index contributed by atoms with van der Waals surface area (Å²) in [4.78, 5) is 0. The van der Waals surface area contributed by atoms with Crippen molar-refractivity contribution in [3.8, 4) is 5.75 Å². The van der Waals surface area contributed by atoms with E-state index in [0.717, 1.165) is 0 Å². The second-order valence-corrected chi connectivity index (χ2v) is 5.28. The number of alkyl halides is 3. The Bertz CT molecular complexity index is 513. The summed E-state index contributed by atoms with van der Waals surface area (Å²) < 4.78 is 62.6. The van der Waals surface area contributed by atoms with Crippen molar-refractivity contribution in [3.05, 3.63) is 29.1 Å². The Kier molecular flexibility index (Phi) is 4.46. The molecular formula is C15H18F4O2. The van der Waals surface area contributed by atoms with Crippen LogP contribution in [-0.2, 0) is 4.74 Å². The first kappa shape index (κ1) is 16.1. The van der Waals surface area contributed by atoms with E-state index in [1.54, 1.807) is 13.8 Å². The zero-order chi connectivity index (χ0) is 15.8. The summed E-state index contributed by atoms with van der Waals surface area (Å²) in [6.45, 7) is 5.09. The van der Waals surface area contributed by atoms with Gasteiger partial charge in [0.25, 0.3) is 0 Å². The molecule has 1 fully saturated rings. The summed E-state index contributed by atoms with van der Waals surface area (Å²) in [5.74, 6) is -1.30. The van der Waals surface area contributed by atoms with E-state index in [1.165, 1.54) is 19.1 Å². The van der Waals surface area contributed by atoms with E-state index in [1.807, 2.05) is 0 Å². The molecule has 3 unspecified atom stereocenters. The lowest BCUT2D eigenvalue weighted by Crippen LogP contribution is -2.33. The van der Waals surface area contributed by atoms with Gasteiger partial charge in [-0.05, 0) is 19.9 Å². The van der Waals surface area contributed by atoms with Crippen molar-refractivity contribution >= 4 is 0 Å². The van der Waals surface area contributed by atoms with Crippen LogP contribution in [0.1, 0.15) is 30.9 Å². The van der Waals surface area contributed by atoms with Gasteiger partial charge in [-0.2, -0.15) is 13.2 Å². The molecule has 118 valence electrons. The third kappa shape index (κ3) is 3.00. The molecule has 1 saturated heterocycles. The number of hydrogen-bond acceptors (Lipinski definition) is 2. The Labute approximate surface area is 121 Å². The highest BCUT2D eigenvalue weighted by Gasteiger charge is 2.51. The minimum atomic E-state index is -4.39. The molecule has 0 saturated carbocycles. The lowest BCUT2D eigenvalue weighted by atomic mass is 9.85. The fourth-order valence-electron chi connectivity index (χ4n) is 2.80. The largest absolute Gasteiger partial charge is 0.493 e. The molecule has 0 spiro atoms. The van der Waals surface area contributed by atoms with Gasteiger partial charge in [-0.1, -0.05) is 13.0 Å². The first-order valence-corrected chi connectivity index (χ1v) is 6.87. The van der Waals surface area contributed by atoms with Gasteiger partial charge in [0, 0.05) is 23.0 Å². The van der Waals surface area contributed by atoms with E-state index in [2.05, 4.69) is 0 Å². The Morgan fingerprint density at radius 3 is 2.52 bits per heavy atom. The van der Waals surface area contributed by atoms with Crippen molar-refractivity contribution in [2.45, 2.75) is 39.0 Å². The third-order valence-corrected chi connectivity index (χ3v) is 3.95. The number of halogens is 4. The summed E-state index contributed by atoms with van der Waals surface area (Å²) in [6.07, 6.45) is -6.18. The maximum atomic E-state index is 13.6. The van der Waals surface area contributed by atoms with Crippen LogP contribution in [0, 0.1) is 18.7 Å². The molecule has 3 atom stereocenters. The first-order chi connectivity index (χ1) is 9.77. The van der Waals surface area contributed by atoms with Crippen LogP contribution in [-0.4, -0.2) is 25.5 Å². The number of ether oxygens (including phenoxy) is 2. The maximum Gasteiger partial charge on any atom is 0.414 e. The minimum Gasteiger partial charge on any atom is -0.493 e. The fraction of sp³-hybridized carbons (Fsp3) is 0.600. The van der Waals surface area contributed by atoms with Crippen LogP contribution in [0.4, 0.5) is 17.6 Å². The molecule has 1 aromatic carbocycles. The molecule has 0 bridgehead atoms. The highest BCUT2D eigenvalue weighted by molar-refractivity contribution is 5.44. The van der Waals surface area contributed by atoms with Crippen molar-refractivity contribution in [2.75, 3.05) is 13.2 Å². The number of benzene rings is 1. The smallest absolute Gasteiger partial charge is 0.414 e. The standard InChI is InChI=1S/C15H18F4O2/c1-4-20-13-9(3)12(16)6-5-10(13)11-7-21-14(8(11)2)15(17,18)19/h5-6,8,11,14H,4,7H2,1-3H3. The zero-order valence-corrected chi connectivity index (χ0v) is 12.1. The third-order valence-electron chi connectivity index (χ3n) is 3.95. The zero-order valence-electron chi connectivity index (χ0n) is 12.1. The molecule has 2 rings (SSSR count). The molecule has 0 N–H and O–H groups in total. The predicted octanol–water partition coefficient (Wildman–Crippen LogP) is 4.21. The normalized spacial score (nSPS) is 26.1. The Morgan fingerprint density at radius 1 is 1.33 bits per heavy atom. The SMILES string of the molecule is CCOc1c(C2COC(C(F)(F)F)C2C)ccc(F)c1C. The first-order valence-electron chi connectivity index (χ1n) is 6.87. The summed E-state index contributed by atoms with van der Waals surface area (Å²) in [7, 11) is 0. The summed E-state index contributed by atoms with van der Waals surface area (Å²) in [5, 5.41) is 0. The predicted molar refractivity (Wildman–Crippen MR) is 70.0 cm³/mol. The molecule has 0 aliphatic carbocycles. The summed E-state index contributed by atoms with van der Waals surface area (Å²) in [6, 6.07) is 2.76. The van der Waals surface area contributed by atoms with E-state index in [4.69, 9.17) is 9.47 Å². The second kappa shape index (κ2) is 5.83. The Morgan fingerprint density at radius 2 is 2.00 bits per heavy atom. The van der Waals surface area contributed by atoms with E-state index >= 15 is 0 Å². The van der Waals surface area contributed by atoms with Gasteiger partial charge < -0.3 is 9.47 Å². The monoisotopic (exact) mass is 306 g/mol. The molecule has 1 heterocycles. The molecule has 21 heavy (non-hydrogen) atoms. The fourth-order valence-corrected chi connectivity index (χ4v) is 2.80. The number of rotatable bonds is 3. The molecule has 1 aromatic rings. The molecule has 6 heteroatoms. The van der Waals surface area contributed by atoms with Gasteiger partial charge in [0.05, 0.1) is 13.2 Å². The van der Waals surface area contributed by atoms with E-state index in [9.17, 15) is 17.6 Å². The van der Waals surface area contributed by atoms with Crippen LogP contribution in [0.5, 0.6) is 5.75 Å².